The van der Waals surface area contributed by atoms with E-state index in [1.165, 1.54) is 24.1 Å². The number of nitrogens with zero attached hydrogens (tertiary/aromatic N) is 1. The van der Waals surface area contributed by atoms with Gasteiger partial charge in [0.1, 0.15) is 5.76 Å². The number of phenols is 1. The number of hydrogen-bond acceptors (Lipinski definition) is 5. The highest BCUT2D eigenvalue weighted by molar-refractivity contribution is 6.51. The molecule has 0 saturated carbocycles. The summed E-state index contributed by atoms with van der Waals surface area (Å²) in [5, 5.41) is 21.5. The lowest BCUT2D eigenvalue weighted by Gasteiger charge is -2.25. The van der Waals surface area contributed by atoms with Gasteiger partial charge in [0.2, 0.25) is 0 Å². The van der Waals surface area contributed by atoms with Gasteiger partial charge in [-0.15, -0.1) is 0 Å². The van der Waals surface area contributed by atoms with Crippen LogP contribution in [0.25, 0.3) is 5.76 Å². The number of aliphatic hydroxyl groups is 1. The van der Waals surface area contributed by atoms with Crippen LogP contribution in [-0.4, -0.2) is 29.0 Å². The van der Waals surface area contributed by atoms with E-state index in [2.05, 4.69) is 0 Å². The molecule has 6 nitrogen and oxygen atoms in total. The van der Waals surface area contributed by atoms with Crippen molar-refractivity contribution >= 4 is 34.7 Å². The summed E-state index contributed by atoms with van der Waals surface area (Å²) in [5.41, 5.74) is 1.28. The van der Waals surface area contributed by atoms with Gasteiger partial charge < -0.3 is 14.9 Å². The van der Waals surface area contributed by atoms with Crippen LogP contribution in [0.3, 0.4) is 0 Å². The molecule has 1 atom stereocenters. The minimum atomic E-state index is -0.924. The van der Waals surface area contributed by atoms with Crippen molar-refractivity contribution in [1.82, 2.24) is 0 Å². The number of methoxy groups -OCH3 is 1. The molecule has 2 N–H and O–H groups in total. The highest BCUT2D eigenvalue weighted by Gasteiger charge is 2.47. The van der Waals surface area contributed by atoms with Crippen molar-refractivity contribution in [1.29, 1.82) is 0 Å². The standard InChI is InChI=1S/C24H18ClNO5/c1-31-19-13-15(9-12-18(19)27)21-20(22(28)14-7-10-16(25)11-8-14)23(29)24(30)26(21)17-5-3-2-4-6-17/h2-13,21,27-28H,1H3/b22-20+/t21-/m1/s1. The van der Waals surface area contributed by atoms with Crippen LogP contribution in [0.2, 0.25) is 5.02 Å². The Bertz CT molecular complexity index is 1190. The second-order valence-electron chi connectivity index (χ2n) is 6.94. The molecule has 0 aliphatic carbocycles. The number of carbonyl (C=O) groups excluding carboxylic acids is 2. The zero-order valence-corrected chi connectivity index (χ0v) is 17.2. The molecule has 1 amide bonds. The molecule has 0 bridgehead atoms. The molecule has 0 unspecified atom stereocenters. The highest BCUT2D eigenvalue weighted by Crippen LogP contribution is 2.43. The number of rotatable bonds is 4. The van der Waals surface area contributed by atoms with Crippen LogP contribution in [0.5, 0.6) is 11.5 Å². The van der Waals surface area contributed by atoms with E-state index in [1.807, 2.05) is 0 Å². The van der Waals surface area contributed by atoms with Crippen LogP contribution in [0, 0.1) is 0 Å². The van der Waals surface area contributed by atoms with Crippen molar-refractivity contribution in [3.05, 3.63) is 94.5 Å². The molecular formula is C24H18ClNO5. The summed E-state index contributed by atoms with van der Waals surface area (Å²) in [7, 11) is 1.40. The van der Waals surface area contributed by atoms with E-state index in [1.54, 1.807) is 60.7 Å². The summed E-state index contributed by atoms with van der Waals surface area (Å²) in [6.45, 7) is 0. The van der Waals surface area contributed by atoms with Crippen LogP contribution in [0.4, 0.5) is 5.69 Å². The van der Waals surface area contributed by atoms with Gasteiger partial charge in [-0.2, -0.15) is 0 Å². The van der Waals surface area contributed by atoms with Crippen LogP contribution >= 0.6 is 11.6 Å². The summed E-state index contributed by atoms with van der Waals surface area (Å²) in [5.74, 6) is -1.79. The molecule has 1 fully saturated rings. The van der Waals surface area contributed by atoms with Gasteiger partial charge in [-0.1, -0.05) is 35.9 Å². The third-order valence-corrected chi connectivity index (χ3v) is 5.37. The molecule has 0 aromatic heterocycles. The Morgan fingerprint density at radius 1 is 1.00 bits per heavy atom. The number of hydrogen-bond donors (Lipinski definition) is 2. The fourth-order valence-electron chi connectivity index (χ4n) is 3.63. The number of anilines is 1. The van der Waals surface area contributed by atoms with Gasteiger partial charge in [-0.25, -0.2) is 0 Å². The minimum Gasteiger partial charge on any atom is -0.507 e. The highest BCUT2D eigenvalue weighted by atomic mass is 35.5. The molecule has 1 aliphatic heterocycles. The van der Waals surface area contributed by atoms with E-state index >= 15 is 0 Å². The third kappa shape index (κ3) is 3.62. The number of carbonyl (C=O) groups is 2. The monoisotopic (exact) mass is 435 g/mol. The molecule has 7 heteroatoms. The summed E-state index contributed by atoms with van der Waals surface area (Å²) in [6.07, 6.45) is 0. The van der Waals surface area contributed by atoms with E-state index in [9.17, 15) is 19.8 Å². The first-order chi connectivity index (χ1) is 14.9. The molecule has 3 aromatic carbocycles. The molecule has 0 radical (unpaired) electrons. The number of halogens is 1. The lowest BCUT2D eigenvalue weighted by atomic mass is 9.95. The second kappa shape index (κ2) is 8.16. The van der Waals surface area contributed by atoms with Crippen LogP contribution < -0.4 is 9.64 Å². The first-order valence-corrected chi connectivity index (χ1v) is 9.79. The van der Waals surface area contributed by atoms with Gasteiger partial charge in [0.15, 0.2) is 11.5 Å². The van der Waals surface area contributed by atoms with Gasteiger partial charge in [0.05, 0.1) is 18.7 Å². The summed E-state index contributed by atoms with van der Waals surface area (Å²) in [6, 6.07) is 18.6. The Morgan fingerprint density at radius 3 is 2.32 bits per heavy atom. The van der Waals surface area contributed by atoms with Gasteiger partial charge >= 0.3 is 0 Å². The number of aliphatic hydroxyl groups excluding tert-OH is 1. The molecule has 31 heavy (non-hydrogen) atoms. The number of benzene rings is 3. The van der Waals surface area contributed by atoms with E-state index < -0.39 is 17.7 Å². The van der Waals surface area contributed by atoms with E-state index in [0.29, 0.717) is 21.8 Å². The first kappa shape index (κ1) is 20.5. The number of para-hydroxylation sites is 1. The zero-order chi connectivity index (χ0) is 22.1. The van der Waals surface area contributed by atoms with Crippen molar-refractivity contribution in [2.24, 2.45) is 0 Å². The maximum atomic E-state index is 13.1. The Labute approximate surface area is 183 Å². The van der Waals surface area contributed by atoms with Gasteiger partial charge in [0, 0.05) is 16.3 Å². The number of ether oxygens (including phenoxy) is 1. The van der Waals surface area contributed by atoms with E-state index in [-0.39, 0.29) is 22.8 Å². The summed E-state index contributed by atoms with van der Waals surface area (Å²) >= 11 is 5.94. The first-order valence-electron chi connectivity index (χ1n) is 9.41. The Balaban J connectivity index is 1.96. The molecular weight excluding hydrogens is 418 g/mol. The van der Waals surface area contributed by atoms with Crippen molar-refractivity contribution < 1.29 is 24.5 Å². The molecule has 1 aliphatic rings. The lowest BCUT2D eigenvalue weighted by molar-refractivity contribution is -0.132. The van der Waals surface area contributed by atoms with Crippen molar-refractivity contribution in [3.8, 4) is 11.5 Å². The number of ketones is 1. The van der Waals surface area contributed by atoms with Crippen molar-refractivity contribution in [2.45, 2.75) is 6.04 Å². The fraction of sp³-hybridized carbons (Fsp3) is 0.0833. The molecule has 1 saturated heterocycles. The van der Waals surface area contributed by atoms with E-state index in [4.69, 9.17) is 16.3 Å². The SMILES string of the molecule is COc1cc([C@@H]2/C(=C(\O)c3ccc(Cl)cc3)C(=O)C(=O)N2c2ccccc2)ccc1O. The molecule has 3 aromatic rings. The van der Waals surface area contributed by atoms with Crippen molar-refractivity contribution in [3.63, 3.8) is 0 Å². The number of Topliss-reactive ketones (excluding diaryl/α,β-unsaturated/α-hetero) is 1. The van der Waals surface area contributed by atoms with Crippen LogP contribution in [0.1, 0.15) is 17.2 Å². The predicted molar refractivity (Wildman–Crippen MR) is 117 cm³/mol. The number of amides is 1. The fourth-order valence-corrected chi connectivity index (χ4v) is 3.76. The van der Waals surface area contributed by atoms with E-state index in [0.717, 1.165) is 0 Å². The van der Waals surface area contributed by atoms with Gasteiger partial charge in [0.25, 0.3) is 11.7 Å². The number of phenolic OH excluding ortho intramolecular Hbond substituents is 1. The molecule has 4 rings (SSSR count). The van der Waals surface area contributed by atoms with Gasteiger partial charge in [-0.3, -0.25) is 14.5 Å². The average molecular weight is 436 g/mol. The number of aromatic hydroxyl groups is 1. The Kier molecular flexibility index (Phi) is 5.40. The third-order valence-electron chi connectivity index (χ3n) is 5.12. The second-order valence-corrected chi connectivity index (χ2v) is 7.38. The van der Waals surface area contributed by atoms with Crippen LogP contribution in [0.15, 0.2) is 78.4 Å². The quantitative estimate of drug-likeness (QED) is 0.353. The molecule has 1 heterocycles. The Morgan fingerprint density at radius 2 is 1.68 bits per heavy atom. The van der Waals surface area contributed by atoms with Gasteiger partial charge in [-0.05, 0) is 54.1 Å². The lowest BCUT2D eigenvalue weighted by Crippen LogP contribution is -2.29. The maximum Gasteiger partial charge on any atom is 0.300 e. The Hall–Kier alpha value is -3.77. The zero-order valence-electron chi connectivity index (χ0n) is 16.4. The summed E-state index contributed by atoms with van der Waals surface area (Å²) in [4.78, 5) is 27.4. The average Bonchev–Trinajstić information content (AvgIpc) is 3.05. The summed E-state index contributed by atoms with van der Waals surface area (Å²) < 4.78 is 5.20. The minimum absolute atomic E-state index is 0.0658. The normalized spacial score (nSPS) is 17.7. The molecule has 156 valence electrons. The van der Waals surface area contributed by atoms with Crippen LogP contribution in [-0.2, 0) is 9.59 Å². The topological polar surface area (TPSA) is 87.1 Å². The maximum absolute atomic E-state index is 13.1. The largest absolute Gasteiger partial charge is 0.507 e. The van der Waals surface area contributed by atoms with Crippen molar-refractivity contribution in [2.75, 3.05) is 12.0 Å². The smallest absolute Gasteiger partial charge is 0.300 e. The molecule has 0 spiro atoms. The predicted octanol–water partition coefficient (Wildman–Crippen LogP) is 4.68.